The first-order valence-corrected chi connectivity index (χ1v) is 11.8. The highest BCUT2D eigenvalue weighted by Crippen LogP contribution is 2.40. The molecule has 1 aromatic heterocycles. The number of benzene rings is 2. The van der Waals surface area contributed by atoms with Crippen molar-refractivity contribution in [2.24, 2.45) is 5.92 Å². The summed E-state index contributed by atoms with van der Waals surface area (Å²) in [7, 11) is 0. The molecule has 3 aromatic rings. The summed E-state index contributed by atoms with van der Waals surface area (Å²) in [5.41, 5.74) is 1.87. The van der Waals surface area contributed by atoms with Gasteiger partial charge in [-0.2, -0.15) is 13.2 Å². The van der Waals surface area contributed by atoms with Gasteiger partial charge in [-0.15, -0.1) is 0 Å². The van der Waals surface area contributed by atoms with Crippen molar-refractivity contribution in [3.63, 3.8) is 0 Å². The summed E-state index contributed by atoms with van der Waals surface area (Å²) in [5.74, 6) is 0.0286. The Morgan fingerprint density at radius 1 is 1.23 bits per heavy atom. The average Bonchev–Trinajstić information content (AvgIpc) is 3.43. The quantitative estimate of drug-likeness (QED) is 0.331. The smallest absolute Gasteiger partial charge is 0.437 e. The number of rotatable bonds is 10. The lowest BCUT2D eigenvalue weighted by Crippen LogP contribution is -2.17. The second-order valence-corrected chi connectivity index (χ2v) is 8.88. The second-order valence-electron chi connectivity index (χ2n) is 8.88. The number of nitrogens with zero attached hydrogens (tertiary/aromatic N) is 1. The molecule has 1 aliphatic carbocycles. The summed E-state index contributed by atoms with van der Waals surface area (Å²) in [6, 6.07) is 8.66. The van der Waals surface area contributed by atoms with Crippen LogP contribution in [0.25, 0.3) is 11.0 Å². The zero-order valence-electron chi connectivity index (χ0n) is 19.7. The minimum absolute atomic E-state index is 0.0242. The lowest BCUT2D eigenvalue weighted by atomic mass is 9.89. The maximum Gasteiger partial charge on any atom is 0.437 e. The van der Waals surface area contributed by atoms with Gasteiger partial charge < -0.3 is 19.1 Å². The molecule has 6 nitrogen and oxygen atoms in total. The zero-order valence-corrected chi connectivity index (χ0v) is 19.7. The van der Waals surface area contributed by atoms with Gasteiger partial charge in [0.1, 0.15) is 11.5 Å². The van der Waals surface area contributed by atoms with Crippen LogP contribution in [0.4, 0.5) is 13.2 Å². The molecule has 0 unspecified atom stereocenters. The monoisotopic (exact) mass is 491 g/mol. The summed E-state index contributed by atoms with van der Waals surface area (Å²) >= 11 is 0. The van der Waals surface area contributed by atoms with E-state index in [2.05, 4.69) is 5.16 Å². The van der Waals surface area contributed by atoms with Crippen LogP contribution in [0.5, 0.6) is 11.5 Å². The first-order chi connectivity index (χ1) is 16.7. The lowest BCUT2D eigenvalue weighted by Gasteiger charge is -2.16. The van der Waals surface area contributed by atoms with Crippen LogP contribution in [-0.4, -0.2) is 29.4 Å². The number of hydrogen-bond donors (Lipinski definition) is 1. The fraction of sp³-hybridized carbons (Fsp3) is 0.462. The van der Waals surface area contributed by atoms with Gasteiger partial charge in [0.25, 0.3) is 0 Å². The number of aryl methyl sites for hydroxylation is 2. The number of alkyl halides is 3. The van der Waals surface area contributed by atoms with Gasteiger partial charge in [-0.3, -0.25) is 4.79 Å². The molecule has 0 aliphatic heterocycles. The number of aliphatic carboxylic acids is 1. The van der Waals surface area contributed by atoms with Crippen molar-refractivity contribution in [2.45, 2.75) is 58.0 Å². The molecule has 0 spiro atoms. The molecular weight excluding hydrogens is 463 g/mol. The molecule has 1 N–H and O–H groups in total. The molecule has 2 atom stereocenters. The first-order valence-electron chi connectivity index (χ1n) is 11.8. The Morgan fingerprint density at radius 3 is 2.71 bits per heavy atom. The number of carbonyl (C=O) groups is 1. The van der Waals surface area contributed by atoms with Gasteiger partial charge in [0.15, 0.2) is 11.3 Å². The van der Waals surface area contributed by atoms with Crippen LogP contribution >= 0.6 is 0 Å². The van der Waals surface area contributed by atoms with Crippen molar-refractivity contribution < 1.29 is 37.1 Å². The summed E-state index contributed by atoms with van der Waals surface area (Å²) in [6.07, 6.45) is -1.14. The van der Waals surface area contributed by atoms with Gasteiger partial charge in [0, 0.05) is 12.0 Å². The number of fused-ring (bicyclic) bond motifs is 2. The molecular formula is C26H28F3NO5. The fourth-order valence-corrected chi connectivity index (χ4v) is 4.71. The van der Waals surface area contributed by atoms with Gasteiger partial charge in [0.05, 0.1) is 24.5 Å². The van der Waals surface area contributed by atoms with Crippen LogP contribution in [-0.2, 0) is 23.8 Å². The highest BCUT2D eigenvalue weighted by molar-refractivity contribution is 5.85. The van der Waals surface area contributed by atoms with E-state index < -0.39 is 23.8 Å². The van der Waals surface area contributed by atoms with Crippen molar-refractivity contribution >= 4 is 16.9 Å². The highest BCUT2D eigenvalue weighted by Gasteiger charge is 2.37. The number of halogens is 3. The van der Waals surface area contributed by atoms with Crippen molar-refractivity contribution in [1.82, 2.24) is 5.16 Å². The largest absolute Gasteiger partial charge is 0.493 e. The van der Waals surface area contributed by atoms with Crippen molar-refractivity contribution in [3.8, 4) is 11.5 Å². The molecule has 1 heterocycles. The van der Waals surface area contributed by atoms with Gasteiger partial charge in [0.2, 0.25) is 0 Å². The minimum atomic E-state index is -4.58. The lowest BCUT2D eigenvalue weighted by molar-refractivity contribution is -0.142. The number of hydrogen-bond acceptors (Lipinski definition) is 5. The van der Waals surface area contributed by atoms with Crippen molar-refractivity contribution in [2.75, 3.05) is 13.2 Å². The maximum atomic E-state index is 13.2. The minimum Gasteiger partial charge on any atom is -0.493 e. The molecule has 9 heteroatoms. The van der Waals surface area contributed by atoms with Crippen LogP contribution in [0, 0.1) is 5.92 Å². The molecule has 0 bridgehead atoms. The van der Waals surface area contributed by atoms with Gasteiger partial charge in [-0.1, -0.05) is 31.5 Å². The summed E-state index contributed by atoms with van der Waals surface area (Å²) < 4.78 is 56.3. The van der Waals surface area contributed by atoms with E-state index in [4.69, 9.17) is 14.0 Å². The first kappa shape index (κ1) is 24.9. The van der Waals surface area contributed by atoms with E-state index in [1.807, 2.05) is 25.1 Å². The third-order valence-corrected chi connectivity index (χ3v) is 6.52. The average molecular weight is 492 g/mol. The Labute approximate surface area is 201 Å². The standard InChI is InChI=1S/C26H28F3NO5/c1-3-5-20-22(11-10-21-23(20)35-30-24(21)26(27,28)29)34-13-4-12-33-17-7-9-19-16(14-17)6-8-18(19)15(2)25(31)32/h7,9-11,14-15,18H,3-6,8,12-13H2,1-2H3,(H,31,32)/t15-,18-/m1/s1. The van der Waals surface area contributed by atoms with Gasteiger partial charge in [-0.05, 0) is 60.6 Å². The molecule has 1 aliphatic rings. The second kappa shape index (κ2) is 10.2. The summed E-state index contributed by atoms with van der Waals surface area (Å²) in [5, 5.41) is 12.5. The molecule has 35 heavy (non-hydrogen) atoms. The third-order valence-electron chi connectivity index (χ3n) is 6.52. The molecule has 0 saturated carbocycles. The Morgan fingerprint density at radius 2 is 2.00 bits per heavy atom. The van der Waals surface area contributed by atoms with Gasteiger partial charge >= 0.3 is 12.1 Å². The maximum absolute atomic E-state index is 13.2. The van der Waals surface area contributed by atoms with E-state index in [0.717, 1.165) is 29.7 Å². The predicted octanol–water partition coefficient (Wildman–Crippen LogP) is 6.40. The van der Waals surface area contributed by atoms with Crippen LogP contribution in [0.15, 0.2) is 34.9 Å². The van der Waals surface area contributed by atoms with Crippen LogP contribution in [0.3, 0.4) is 0 Å². The summed E-state index contributed by atoms with van der Waals surface area (Å²) in [6.45, 7) is 4.40. The Bertz CT molecular complexity index is 1200. The van der Waals surface area contributed by atoms with E-state index in [1.54, 1.807) is 6.92 Å². The topological polar surface area (TPSA) is 81.8 Å². The van der Waals surface area contributed by atoms with E-state index in [0.29, 0.717) is 43.8 Å². The molecule has 0 saturated heterocycles. The predicted molar refractivity (Wildman–Crippen MR) is 123 cm³/mol. The molecule has 0 amide bonds. The molecule has 0 fully saturated rings. The molecule has 0 radical (unpaired) electrons. The Balaban J connectivity index is 1.34. The third kappa shape index (κ3) is 5.23. The molecule has 188 valence electrons. The zero-order chi connectivity index (χ0) is 25.2. The van der Waals surface area contributed by atoms with E-state index in [-0.39, 0.29) is 16.9 Å². The summed E-state index contributed by atoms with van der Waals surface area (Å²) in [4.78, 5) is 11.3. The Hall–Kier alpha value is -3.23. The highest BCUT2D eigenvalue weighted by atomic mass is 19.4. The molecule has 4 rings (SSSR count). The van der Waals surface area contributed by atoms with Crippen molar-refractivity contribution in [1.29, 1.82) is 0 Å². The fourth-order valence-electron chi connectivity index (χ4n) is 4.71. The number of aromatic nitrogens is 1. The van der Waals surface area contributed by atoms with Gasteiger partial charge in [-0.25, -0.2) is 0 Å². The van der Waals surface area contributed by atoms with Crippen LogP contribution < -0.4 is 9.47 Å². The van der Waals surface area contributed by atoms with E-state index in [1.165, 1.54) is 12.1 Å². The van der Waals surface area contributed by atoms with Crippen LogP contribution in [0.1, 0.15) is 61.4 Å². The van der Waals surface area contributed by atoms with E-state index >= 15 is 0 Å². The SMILES string of the molecule is CCCc1c(OCCCOc2ccc3c(c2)CC[C@@H]3[C@@H](C)C(=O)O)ccc2c(C(F)(F)F)noc12. The Kier molecular flexibility index (Phi) is 7.23. The normalized spacial score (nSPS) is 16.3. The van der Waals surface area contributed by atoms with E-state index in [9.17, 15) is 23.1 Å². The van der Waals surface area contributed by atoms with Crippen molar-refractivity contribution in [3.05, 3.63) is 52.7 Å². The number of carboxylic acids is 1. The van der Waals surface area contributed by atoms with Crippen LogP contribution in [0.2, 0.25) is 0 Å². The number of ether oxygens (including phenoxy) is 2. The number of carboxylic acid groups (broad SMARTS) is 1. The molecule has 2 aromatic carbocycles.